The van der Waals surface area contributed by atoms with Gasteiger partial charge in [-0.2, -0.15) is 0 Å². The number of hydrogen-bond donors (Lipinski definition) is 2. The molecule has 0 aliphatic rings. The minimum atomic E-state index is -0.869. The lowest BCUT2D eigenvalue weighted by Gasteiger charge is -2.09. The van der Waals surface area contributed by atoms with Crippen LogP contribution in [0.4, 0.5) is 0 Å². The number of aliphatic carboxylic acids is 1. The molecule has 0 fully saturated rings. The fourth-order valence-electron chi connectivity index (χ4n) is 1.10. The Hall–Kier alpha value is -0.830. The SMILES string of the molecule is O=C(O)C(Cc1ccccc1)NP=S. The summed E-state index contributed by atoms with van der Waals surface area (Å²) >= 11 is 4.66. The number of carboxylic acids is 1. The molecule has 3 nitrogen and oxygen atoms in total. The molecule has 1 rings (SSSR count). The third kappa shape index (κ3) is 3.50. The second-order valence-electron chi connectivity index (χ2n) is 2.80. The summed E-state index contributed by atoms with van der Waals surface area (Å²) in [6.07, 6.45) is 0.458. The molecular weight excluding hydrogens is 217 g/mol. The smallest absolute Gasteiger partial charge is 0.321 e. The zero-order valence-electron chi connectivity index (χ0n) is 7.38. The summed E-state index contributed by atoms with van der Waals surface area (Å²) in [5.74, 6) is -0.869. The molecule has 1 unspecified atom stereocenters. The normalized spacial score (nSPS) is 12.6. The van der Waals surface area contributed by atoms with Crippen LogP contribution < -0.4 is 5.09 Å². The molecule has 1 aromatic carbocycles. The van der Waals surface area contributed by atoms with Crippen molar-refractivity contribution < 1.29 is 9.90 Å². The number of hydrogen-bond acceptors (Lipinski definition) is 2. The van der Waals surface area contributed by atoms with Gasteiger partial charge in [-0.25, -0.2) is 5.09 Å². The van der Waals surface area contributed by atoms with Gasteiger partial charge in [0.05, 0.1) is 7.51 Å². The summed E-state index contributed by atoms with van der Waals surface area (Å²) in [6, 6.07) is 8.88. The van der Waals surface area contributed by atoms with Crippen molar-refractivity contribution in [1.29, 1.82) is 0 Å². The minimum absolute atomic E-state index is 0.458. The monoisotopic (exact) mass is 227 g/mol. The van der Waals surface area contributed by atoms with Crippen molar-refractivity contribution >= 4 is 25.3 Å². The maximum Gasteiger partial charge on any atom is 0.321 e. The van der Waals surface area contributed by atoms with Gasteiger partial charge in [-0.15, -0.1) is 0 Å². The maximum atomic E-state index is 10.8. The van der Waals surface area contributed by atoms with Crippen molar-refractivity contribution in [3.05, 3.63) is 35.9 Å². The average Bonchev–Trinajstić information content (AvgIpc) is 2.18. The quantitative estimate of drug-likeness (QED) is 0.750. The molecule has 0 bridgehead atoms. The first-order valence-electron chi connectivity index (χ1n) is 4.08. The Balaban J connectivity index is 2.64. The van der Waals surface area contributed by atoms with Crippen LogP contribution in [-0.4, -0.2) is 17.1 Å². The highest BCUT2D eigenvalue weighted by Crippen LogP contribution is 2.05. The molecule has 0 amide bonds. The van der Waals surface area contributed by atoms with Crippen molar-refractivity contribution in [2.45, 2.75) is 12.5 Å². The molecule has 0 saturated heterocycles. The van der Waals surface area contributed by atoms with Gasteiger partial charge in [-0.1, -0.05) is 30.3 Å². The maximum absolute atomic E-state index is 10.8. The first-order valence-corrected chi connectivity index (χ1v) is 5.99. The molecule has 5 heteroatoms. The van der Waals surface area contributed by atoms with Crippen LogP contribution in [0, 0.1) is 0 Å². The molecule has 2 N–H and O–H groups in total. The van der Waals surface area contributed by atoms with Crippen LogP contribution in [0.15, 0.2) is 30.3 Å². The van der Waals surface area contributed by atoms with Gasteiger partial charge in [0.2, 0.25) is 0 Å². The van der Waals surface area contributed by atoms with Crippen LogP contribution in [0.2, 0.25) is 0 Å². The molecule has 0 spiro atoms. The topological polar surface area (TPSA) is 49.3 Å². The van der Waals surface area contributed by atoms with Crippen molar-refractivity contribution in [3.63, 3.8) is 0 Å². The van der Waals surface area contributed by atoms with E-state index in [0.717, 1.165) is 5.56 Å². The van der Waals surface area contributed by atoms with E-state index in [2.05, 4.69) is 16.9 Å². The van der Waals surface area contributed by atoms with Crippen LogP contribution in [0.25, 0.3) is 0 Å². The van der Waals surface area contributed by atoms with Gasteiger partial charge < -0.3 is 5.11 Å². The van der Waals surface area contributed by atoms with Crippen molar-refractivity contribution in [2.24, 2.45) is 0 Å². The fourth-order valence-corrected chi connectivity index (χ4v) is 1.81. The van der Waals surface area contributed by atoms with Gasteiger partial charge in [-0.3, -0.25) is 4.79 Å². The third-order valence-electron chi connectivity index (χ3n) is 1.79. The first-order chi connectivity index (χ1) is 6.74. The summed E-state index contributed by atoms with van der Waals surface area (Å²) in [4.78, 5) is 10.8. The van der Waals surface area contributed by atoms with Crippen LogP contribution in [-0.2, 0) is 23.0 Å². The Bertz CT molecular complexity index is 318. The van der Waals surface area contributed by atoms with E-state index < -0.39 is 12.0 Å². The number of rotatable bonds is 5. The van der Waals surface area contributed by atoms with Gasteiger partial charge >= 0.3 is 5.97 Å². The molecule has 1 atom stereocenters. The third-order valence-corrected chi connectivity index (χ3v) is 2.52. The highest BCUT2D eigenvalue weighted by Gasteiger charge is 2.15. The van der Waals surface area contributed by atoms with Gasteiger partial charge in [0, 0.05) is 0 Å². The molecule has 0 radical (unpaired) electrons. The predicted octanol–water partition coefficient (Wildman–Crippen LogP) is 1.59. The van der Waals surface area contributed by atoms with E-state index in [9.17, 15) is 4.79 Å². The van der Waals surface area contributed by atoms with Gasteiger partial charge in [0.15, 0.2) is 0 Å². The lowest BCUT2D eigenvalue weighted by Crippen LogP contribution is -2.32. The molecular formula is C9H10NO2PS. The average molecular weight is 227 g/mol. The summed E-state index contributed by atoms with van der Waals surface area (Å²) in [6.45, 7) is 0. The fraction of sp³-hybridized carbons (Fsp3) is 0.222. The highest BCUT2D eigenvalue weighted by molar-refractivity contribution is 7.95. The van der Waals surface area contributed by atoms with Crippen LogP contribution >= 0.6 is 7.51 Å². The van der Waals surface area contributed by atoms with Crippen LogP contribution in [0.1, 0.15) is 5.56 Å². The summed E-state index contributed by atoms with van der Waals surface area (Å²) < 4.78 is 0. The molecule has 14 heavy (non-hydrogen) atoms. The Morgan fingerprint density at radius 1 is 1.50 bits per heavy atom. The predicted molar refractivity (Wildman–Crippen MR) is 59.0 cm³/mol. The van der Waals surface area contributed by atoms with Crippen LogP contribution in [0.5, 0.6) is 0 Å². The molecule has 0 heterocycles. The first kappa shape index (κ1) is 11.2. The minimum Gasteiger partial charge on any atom is -0.480 e. The zero-order chi connectivity index (χ0) is 10.4. The Labute approximate surface area is 89.0 Å². The lowest BCUT2D eigenvalue weighted by atomic mass is 10.1. The number of nitrogens with one attached hydrogen (secondary N) is 1. The molecule has 1 aromatic rings. The molecule has 0 aromatic heterocycles. The second kappa shape index (κ2) is 5.81. The number of carboxylic acid groups (broad SMARTS) is 1. The summed E-state index contributed by atoms with van der Waals surface area (Å²) in [5, 5.41) is 11.6. The van der Waals surface area contributed by atoms with E-state index in [1.165, 1.54) is 0 Å². The van der Waals surface area contributed by atoms with Crippen molar-refractivity contribution in [2.75, 3.05) is 0 Å². The lowest BCUT2D eigenvalue weighted by molar-refractivity contribution is -0.138. The number of benzene rings is 1. The summed E-state index contributed by atoms with van der Waals surface area (Å²) in [7, 11) is 0.472. The van der Waals surface area contributed by atoms with Crippen LogP contribution in [0.3, 0.4) is 0 Å². The standard InChI is InChI=1S/C9H10NO2PS/c11-9(12)8(10-13-14)6-7-4-2-1-3-5-7/h1-5,8H,6H2,(H,10,14)(H,11,12). The zero-order valence-corrected chi connectivity index (χ0v) is 9.09. The van der Waals surface area contributed by atoms with Gasteiger partial charge in [-0.05, 0) is 23.8 Å². The Morgan fingerprint density at radius 3 is 2.64 bits per heavy atom. The van der Waals surface area contributed by atoms with E-state index in [1.54, 1.807) is 0 Å². The summed E-state index contributed by atoms with van der Waals surface area (Å²) in [5.41, 5.74) is 0.992. The highest BCUT2D eigenvalue weighted by atomic mass is 32.4. The van der Waals surface area contributed by atoms with Gasteiger partial charge in [0.25, 0.3) is 0 Å². The number of carbonyl (C=O) groups is 1. The van der Waals surface area contributed by atoms with E-state index in [-0.39, 0.29) is 0 Å². The molecule has 0 aliphatic carbocycles. The second-order valence-corrected chi connectivity index (χ2v) is 3.79. The van der Waals surface area contributed by atoms with E-state index in [4.69, 9.17) is 5.11 Å². The molecule has 0 aliphatic heterocycles. The largest absolute Gasteiger partial charge is 0.480 e. The Kier molecular flexibility index (Phi) is 4.66. The Morgan fingerprint density at radius 2 is 2.14 bits per heavy atom. The molecule has 0 saturated carbocycles. The van der Waals surface area contributed by atoms with E-state index in [0.29, 0.717) is 13.9 Å². The van der Waals surface area contributed by atoms with Crippen molar-refractivity contribution in [1.82, 2.24) is 5.09 Å². The van der Waals surface area contributed by atoms with E-state index in [1.807, 2.05) is 30.3 Å². The van der Waals surface area contributed by atoms with Crippen molar-refractivity contribution in [3.8, 4) is 0 Å². The van der Waals surface area contributed by atoms with Gasteiger partial charge in [0.1, 0.15) is 6.04 Å². The van der Waals surface area contributed by atoms with E-state index >= 15 is 0 Å². The molecule has 74 valence electrons.